The fourth-order valence-electron chi connectivity index (χ4n) is 3.67. The summed E-state index contributed by atoms with van der Waals surface area (Å²) in [5, 5.41) is 0.692. The third-order valence-electron chi connectivity index (χ3n) is 5.82. The molecule has 0 radical (unpaired) electrons. The molecular weight excluding hydrogens is 491 g/mol. The highest BCUT2D eigenvalue weighted by atomic mass is 79.9. The van der Waals surface area contributed by atoms with Gasteiger partial charge in [0.1, 0.15) is 6.10 Å². The fourth-order valence-corrected chi connectivity index (χ4v) is 5.47. The summed E-state index contributed by atoms with van der Waals surface area (Å²) >= 11 is 3.26. The van der Waals surface area contributed by atoms with Crippen LogP contribution in [-0.2, 0) is 18.6 Å². The molecule has 0 heterocycles. The van der Waals surface area contributed by atoms with Gasteiger partial charge in [-0.3, -0.25) is 4.57 Å². The summed E-state index contributed by atoms with van der Waals surface area (Å²) in [5.41, 5.74) is 0. The molecule has 5 nitrogen and oxygen atoms in total. The molecule has 194 valence electrons. The van der Waals surface area contributed by atoms with Gasteiger partial charge in [0, 0.05) is 19.0 Å². The van der Waals surface area contributed by atoms with Crippen LogP contribution in [0.5, 0.6) is 0 Å². The van der Waals surface area contributed by atoms with Crippen LogP contribution in [0.4, 0.5) is 0 Å². The van der Waals surface area contributed by atoms with Crippen LogP contribution < -0.4 is 0 Å². The zero-order chi connectivity index (χ0) is 23.8. The average molecular weight is 544 g/mol. The smallest absolute Gasteiger partial charge is 0.328 e. The Labute approximate surface area is 207 Å². The first kappa shape index (κ1) is 32.5. The van der Waals surface area contributed by atoms with Crippen LogP contribution in [0, 0.1) is 0 Å². The molecule has 1 N–H and O–H groups in total. The predicted molar refractivity (Wildman–Crippen MR) is 140 cm³/mol. The number of hydrogen-bond donors (Lipinski definition) is 1. The Balaban J connectivity index is 3.36. The zero-order valence-corrected chi connectivity index (χ0v) is 23.5. The molecule has 0 aliphatic heterocycles. The van der Waals surface area contributed by atoms with Gasteiger partial charge in [-0.25, -0.2) is 0 Å². The summed E-state index contributed by atoms with van der Waals surface area (Å²) in [6, 6.07) is 0. The van der Waals surface area contributed by atoms with Crippen LogP contribution in [0.3, 0.4) is 0 Å². The van der Waals surface area contributed by atoms with Gasteiger partial charge in [-0.2, -0.15) is 0 Å². The van der Waals surface area contributed by atoms with Crippen LogP contribution in [0.2, 0.25) is 0 Å². The first-order valence-electron chi connectivity index (χ1n) is 13.2. The van der Waals surface area contributed by atoms with Gasteiger partial charge in [0.15, 0.2) is 0 Å². The molecule has 0 saturated heterocycles. The molecule has 0 aliphatic carbocycles. The number of halogens is 1. The molecule has 0 spiro atoms. The summed E-state index contributed by atoms with van der Waals surface area (Å²) in [7, 11) is -1.94. The fraction of sp³-hybridized carbons (Fsp3) is 1.00. The van der Waals surface area contributed by atoms with Crippen molar-refractivity contribution in [2.45, 2.75) is 122 Å². The van der Waals surface area contributed by atoms with Crippen LogP contribution in [0.15, 0.2) is 0 Å². The van der Waals surface area contributed by atoms with Gasteiger partial charge in [0.05, 0.1) is 19.4 Å². The molecule has 0 aliphatic rings. The molecule has 2 unspecified atom stereocenters. The maximum Gasteiger partial charge on any atom is 0.328 e. The van der Waals surface area contributed by atoms with Crippen molar-refractivity contribution in [1.82, 2.24) is 0 Å². The molecule has 0 aromatic carbocycles. The van der Waals surface area contributed by atoms with E-state index in [0.717, 1.165) is 6.42 Å². The Morgan fingerprint density at radius 3 is 1.66 bits per heavy atom. The Kier molecular flexibility index (Phi) is 25.1. The van der Waals surface area contributed by atoms with Gasteiger partial charge >= 0.3 is 7.60 Å². The highest BCUT2D eigenvalue weighted by Gasteiger charge is 2.21. The minimum atomic E-state index is -3.52. The molecule has 0 rings (SSSR count). The van der Waals surface area contributed by atoms with Crippen molar-refractivity contribution >= 4 is 23.5 Å². The van der Waals surface area contributed by atoms with Crippen molar-refractivity contribution in [2.75, 3.05) is 38.4 Å². The lowest BCUT2D eigenvalue weighted by molar-refractivity contribution is -0.0168. The van der Waals surface area contributed by atoms with E-state index in [2.05, 4.69) is 22.9 Å². The van der Waals surface area contributed by atoms with Crippen molar-refractivity contribution in [2.24, 2.45) is 0 Å². The van der Waals surface area contributed by atoms with Crippen molar-refractivity contribution in [3.8, 4) is 0 Å². The van der Waals surface area contributed by atoms with E-state index in [0.29, 0.717) is 25.0 Å². The van der Waals surface area contributed by atoms with Crippen molar-refractivity contribution in [1.29, 1.82) is 0 Å². The second-order valence-electron chi connectivity index (χ2n) is 8.94. The lowest BCUT2D eigenvalue weighted by Crippen LogP contribution is -2.24. The number of ether oxygens (including phenoxy) is 2. The number of rotatable bonds is 26. The third kappa shape index (κ3) is 23.7. The van der Waals surface area contributed by atoms with E-state index in [1.807, 2.05) is 0 Å². The van der Waals surface area contributed by atoms with Gasteiger partial charge in [-0.1, -0.05) is 119 Å². The van der Waals surface area contributed by atoms with Crippen molar-refractivity contribution in [3.05, 3.63) is 0 Å². The van der Waals surface area contributed by atoms with E-state index < -0.39 is 7.60 Å². The number of hydrogen-bond acceptors (Lipinski definition) is 4. The normalized spacial score (nSPS) is 14.5. The summed E-state index contributed by atoms with van der Waals surface area (Å²) in [6.45, 7) is 3.47. The molecule has 0 bridgehead atoms. The summed E-state index contributed by atoms with van der Waals surface area (Å²) in [5.74, 6) is 0. The monoisotopic (exact) mass is 542 g/mol. The van der Waals surface area contributed by atoms with E-state index in [9.17, 15) is 9.46 Å². The topological polar surface area (TPSA) is 65.0 Å². The minimum Gasteiger partial charge on any atom is -0.379 e. The number of unbranched alkanes of at least 4 members (excludes halogenated alkanes) is 15. The third-order valence-corrected chi connectivity index (χ3v) is 7.81. The predicted octanol–water partition coefficient (Wildman–Crippen LogP) is 8.27. The molecule has 0 amide bonds. The second kappa shape index (κ2) is 24.7. The maximum atomic E-state index is 11.9. The van der Waals surface area contributed by atoms with Crippen LogP contribution in [-0.4, -0.2) is 49.4 Å². The van der Waals surface area contributed by atoms with Crippen molar-refractivity contribution in [3.63, 3.8) is 0 Å². The van der Waals surface area contributed by atoms with Crippen LogP contribution in [0.25, 0.3) is 0 Å². The number of methoxy groups -OCH3 is 1. The molecule has 0 aromatic heterocycles. The molecule has 2 atom stereocenters. The molecule has 32 heavy (non-hydrogen) atoms. The van der Waals surface area contributed by atoms with Gasteiger partial charge in [0.25, 0.3) is 0 Å². The lowest BCUT2D eigenvalue weighted by atomic mass is 10.0. The maximum absolute atomic E-state index is 11.9. The van der Waals surface area contributed by atoms with Gasteiger partial charge < -0.3 is 18.9 Å². The second-order valence-corrected chi connectivity index (χ2v) is 11.7. The molecule has 7 heteroatoms. The first-order chi connectivity index (χ1) is 15.6. The van der Waals surface area contributed by atoms with E-state index in [1.54, 1.807) is 7.11 Å². The summed E-state index contributed by atoms with van der Waals surface area (Å²) in [6.07, 6.45) is 22.2. The Bertz CT molecular complexity index is 425. The van der Waals surface area contributed by atoms with E-state index in [1.165, 1.54) is 96.3 Å². The number of alkyl halides is 1. The lowest BCUT2D eigenvalue weighted by Gasteiger charge is -2.18. The minimum absolute atomic E-state index is 0.0888. The highest BCUT2D eigenvalue weighted by Crippen LogP contribution is 2.42. The average Bonchev–Trinajstić information content (AvgIpc) is 2.79. The molecule has 0 saturated carbocycles. The van der Waals surface area contributed by atoms with Crippen LogP contribution in [0.1, 0.15) is 116 Å². The van der Waals surface area contributed by atoms with Crippen LogP contribution >= 0.6 is 23.5 Å². The van der Waals surface area contributed by atoms with E-state index in [4.69, 9.17) is 14.0 Å². The van der Waals surface area contributed by atoms with Gasteiger partial charge in [-0.15, -0.1) is 0 Å². The van der Waals surface area contributed by atoms with Gasteiger partial charge in [0.2, 0.25) is 0 Å². The molecular formula is C25H52BrO5P. The molecule has 0 fully saturated rings. The van der Waals surface area contributed by atoms with E-state index >= 15 is 0 Å². The van der Waals surface area contributed by atoms with Crippen molar-refractivity contribution < 1.29 is 23.5 Å². The highest BCUT2D eigenvalue weighted by molar-refractivity contribution is 9.09. The summed E-state index contributed by atoms with van der Waals surface area (Å²) < 4.78 is 28.0. The molecule has 0 aromatic rings. The quantitative estimate of drug-likeness (QED) is 0.0676. The van der Waals surface area contributed by atoms with E-state index in [-0.39, 0.29) is 18.9 Å². The Morgan fingerprint density at radius 2 is 1.22 bits per heavy atom. The van der Waals surface area contributed by atoms with Gasteiger partial charge in [-0.05, 0) is 12.8 Å². The Hall–Kier alpha value is 0.550. The first-order valence-corrected chi connectivity index (χ1v) is 16.1. The Morgan fingerprint density at radius 1 is 0.750 bits per heavy atom. The largest absolute Gasteiger partial charge is 0.379 e. The summed E-state index contributed by atoms with van der Waals surface area (Å²) in [4.78, 5) is 9.73. The SMILES string of the molecule is CCCCCCCCCCCCCCCCCCOCC(COP(=O)(O)CCCBr)OC. The zero-order valence-electron chi connectivity index (χ0n) is 21.0. The standard InChI is InChI=1S/C25H52BrO5P/c1-3-4-5-6-7-8-9-10-11-12-13-14-15-16-17-18-21-30-23-25(29-2)24-31-32(27,28)22-19-20-26/h25H,3-24H2,1-2H3,(H,27,28).